The summed E-state index contributed by atoms with van der Waals surface area (Å²) in [7, 11) is 1.86. The Morgan fingerprint density at radius 2 is 1.91 bits per heavy atom. The number of hydrogen-bond acceptors (Lipinski definition) is 4. The second-order valence-corrected chi connectivity index (χ2v) is 8.55. The maximum Gasteiger partial charge on any atom is 0.243 e. The van der Waals surface area contributed by atoms with E-state index in [1.165, 1.54) is 0 Å². The highest BCUT2D eigenvalue weighted by Gasteiger charge is 2.25. The van der Waals surface area contributed by atoms with Crippen molar-refractivity contribution in [3.63, 3.8) is 0 Å². The number of likely N-dealkylation sites (N-methyl/N-ethyl adjacent to an activating group) is 1. The fourth-order valence-electron chi connectivity index (χ4n) is 3.27. The van der Waals surface area contributed by atoms with Gasteiger partial charge in [0.15, 0.2) is 0 Å². The summed E-state index contributed by atoms with van der Waals surface area (Å²) in [6, 6.07) is 7.94. The van der Waals surface area contributed by atoms with E-state index in [9.17, 15) is 9.59 Å². The maximum atomic E-state index is 13.1. The molecule has 0 saturated carbocycles. The minimum absolute atomic E-state index is 0.218. The number of fused-ring (bicyclic) bond motifs is 1. The number of carbonyl (C=O) groups is 2. The quantitative estimate of drug-likeness (QED) is 0.441. The first-order chi connectivity index (χ1) is 15.3. The molecule has 0 aliphatic carbocycles. The van der Waals surface area contributed by atoms with Gasteiger partial charge in [0, 0.05) is 30.7 Å². The van der Waals surface area contributed by atoms with Crippen molar-refractivity contribution in [2.24, 2.45) is 0 Å². The number of halogens is 2. The van der Waals surface area contributed by atoms with Gasteiger partial charge in [-0.1, -0.05) is 36.2 Å². The van der Waals surface area contributed by atoms with Gasteiger partial charge in [-0.2, -0.15) is 0 Å². The maximum absolute atomic E-state index is 13.1. The van der Waals surface area contributed by atoms with Gasteiger partial charge in [0.2, 0.25) is 11.8 Å². The van der Waals surface area contributed by atoms with Gasteiger partial charge in [0.05, 0.1) is 16.1 Å². The third-order valence-corrected chi connectivity index (χ3v) is 6.26. The molecule has 32 heavy (non-hydrogen) atoms. The Bertz CT molecular complexity index is 1100. The predicted octanol–water partition coefficient (Wildman–Crippen LogP) is 3.55. The van der Waals surface area contributed by atoms with Gasteiger partial charge in [-0.25, -0.2) is 4.98 Å². The Morgan fingerprint density at radius 1 is 1.12 bits per heavy atom. The van der Waals surface area contributed by atoms with E-state index in [0.29, 0.717) is 23.1 Å². The van der Waals surface area contributed by atoms with Crippen LogP contribution >= 0.6 is 23.2 Å². The van der Waals surface area contributed by atoms with Crippen molar-refractivity contribution in [3.8, 4) is 0 Å². The lowest BCUT2D eigenvalue weighted by atomic mass is 10.0. The van der Waals surface area contributed by atoms with E-state index in [1.54, 1.807) is 24.4 Å². The molecule has 2 aromatic heterocycles. The Morgan fingerprint density at radius 3 is 2.62 bits per heavy atom. The van der Waals surface area contributed by atoms with E-state index in [0.717, 1.165) is 22.2 Å². The lowest BCUT2D eigenvalue weighted by Crippen LogP contribution is -2.53. The number of benzene rings is 1. The van der Waals surface area contributed by atoms with E-state index in [-0.39, 0.29) is 24.3 Å². The van der Waals surface area contributed by atoms with E-state index in [4.69, 9.17) is 23.2 Å². The summed E-state index contributed by atoms with van der Waals surface area (Å²) in [5.74, 6) is -0.505. The fourth-order valence-corrected chi connectivity index (χ4v) is 3.59. The van der Waals surface area contributed by atoms with Crippen molar-refractivity contribution in [2.45, 2.75) is 38.9 Å². The topological polar surface area (TPSA) is 90.1 Å². The zero-order valence-corrected chi connectivity index (χ0v) is 19.8. The first kappa shape index (κ1) is 24.0. The van der Waals surface area contributed by atoms with Gasteiger partial charge in [0.25, 0.3) is 0 Å². The van der Waals surface area contributed by atoms with Crippen LogP contribution in [0.4, 0.5) is 0 Å². The van der Waals surface area contributed by atoms with Crippen molar-refractivity contribution in [3.05, 3.63) is 63.9 Å². The second-order valence-electron chi connectivity index (χ2n) is 7.74. The summed E-state index contributed by atoms with van der Waals surface area (Å²) in [6.45, 7) is 4.79. The van der Waals surface area contributed by atoms with Gasteiger partial charge in [0.1, 0.15) is 11.7 Å². The Hall–Kier alpha value is -2.61. The minimum Gasteiger partial charge on any atom is -0.350 e. The number of aromatic amines is 1. The van der Waals surface area contributed by atoms with Crippen molar-refractivity contribution in [1.29, 1.82) is 0 Å². The number of rotatable bonds is 9. The number of aromatic nitrogens is 2. The molecule has 2 heterocycles. The molecular weight excluding hydrogens is 449 g/mol. The summed E-state index contributed by atoms with van der Waals surface area (Å²) >= 11 is 12.1. The number of carbonyl (C=O) groups excluding carboxylic acids is 2. The number of amides is 2. The summed E-state index contributed by atoms with van der Waals surface area (Å²) in [4.78, 5) is 35.1. The van der Waals surface area contributed by atoms with Crippen LogP contribution in [0.2, 0.25) is 10.0 Å². The molecule has 0 bridgehead atoms. The molecule has 0 spiro atoms. The zero-order valence-electron chi connectivity index (χ0n) is 18.3. The van der Waals surface area contributed by atoms with Gasteiger partial charge < -0.3 is 15.6 Å². The predicted molar refractivity (Wildman–Crippen MR) is 128 cm³/mol. The lowest BCUT2D eigenvalue weighted by molar-refractivity contribution is -0.131. The molecule has 3 N–H and O–H groups in total. The standard InChI is InChI=1S/C23H27Cl2N5O2/c1-4-30(3)14(2)22(31)29-20(11-15-5-6-18(24)19(25)10-15)23(32)28-13-16-9-17-7-8-26-21(17)27-12-16/h5-10,12,14,20H,4,11,13H2,1-3H3,(H,26,27)(H,28,32)(H,29,31)/t14-,20-/m0/s1. The number of hydrogen-bond donors (Lipinski definition) is 3. The largest absolute Gasteiger partial charge is 0.350 e. The van der Waals surface area contributed by atoms with Crippen LogP contribution in [0.1, 0.15) is 25.0 Å². The highest BCUT2D eigenvalue weighted by molar-refractivity contribution is 6.42. The van der Waals surface area contributed by atoms with Crippen molar-refractivity contribution < 1.29 is 9.59 Å². The van der Waals surface area contributed by atoms with Crippen LogP contribution in [-0.4, -0.2) is 52.4 Å². The lowest BCUT2D eigenvalue weighted by Gasteiger charge is -2.25. The van der Waals surface area contributed by atoms with Gasteiger partial charge in [-0.05, 0) is 55.9 Å². The number of nitrogens with one attached hydrogen (secondary N) is 3. The number of H-pyrrole nitrogens is 1. The van der Waals surface area contributed by atoms with Crippen LogP contribution in [0.5, 0.6) is 0 Å². The van der Waals surface area contributed by atoms with E-state index < -0.39 is 6.04 Å². The zero-order chi connectivity index (χ0) is 23.3. The Balaban J connectivity index is 1.73. The van der Waals surface area contributed by atoms with Gasteiger partial charge >= 0.3 is 0 Å². The minimum atomic E-state index is -0.767. The number of nitrogens with zero attached hydrogens (tertiary/aromatic N) is 2. The monoisotopic (exact) mass is 475 g/mol. The summed E-state index contributed by atoms with van der Waals surface area (Å²) in [5, 5.41) is 7.61. The molecule has 0 saturated heterocycles. The third-order valence-electron chi connectivity index (χ3n) is 5.52. The third kappa shape index (κ3) is 6.00. The smallest absolute Gasteiger partial charge is 0.243 e. The molecular formula is C23H27Cl2N5O2. The normalized spacial score (nSPS) is 13.2. The first-order valence-corrected chi connectivity index (χ1v) is 11.2. The molecule has 0 aliphatic heterocycles. The van der Waals surface area contributed by atoms with E-state index in [2.05, 4.69) is 20.6 Å². The molecule has 2 amide bonds. The van der Waals surface area contributed by atoms with Crippen molar-refractivity contribution >= 4 is 46.0 Å². The SMILES string of the molecule is CCN(C)[C@@H](C)C(=O)N[C@@H](Cc1ccc(Cl)c(Cl)c1)C(=O)NCc1cnc2[nH]ccc2c1. The first-order valence-electron chi connectivity index (χ1n) is 10.4. The molecule has 9 heteroatoms. The van der Waals surface area contributed by atoms with Gasteiger partial charge in [-0.15, -0.1) is 0 Å². The molecule has 3 rings (SSSR count). The van der Waals surface area contributed by atoms with Crippen LogP contribution in [0, 0.1) is 0 Å². The van der Waals surface area contributed by atoms with Crippen LogP contribution < -0.4 is 10.6 Å². The van der Waals surface area contributed by atoms with Crippen LogP contribution in [-0.2, 0) is 22.6 Å². The van der Waals surface area contributed by atoms with Crippen molar-refractivity contribution in [2.75, 3.05) is 13.6 Å². The van der Waals surface area contributed by atoms with Crippen LogP contribution in [0.25, 0.3) is 11.0 Å². The Kier molecular flexibility index (Phi) is 8.12. The molecule has 0 unspecified atom stereocenters. The highest BCUT2D eigenvalue weighted by atomic mass is 35.5. The Labute approximate surface area is 197 Å². The molecule has 0 fully saturated rings. The molecule has 1 aromatic carbocycles. The van der Waals surface area contributed by atoms with Crippen LogP contribution in [0.15, 0.2) is 42.7 Å². The molecule has 0 aliphatic rings. The number of pyridine rings is 1. The molecule has 170 valence electrons. The molecule has 0 radical (unpaired) electrons. The average Bonchev–Trinajstić information content (AvgIpc) is 3.26. The molecule has 7 nitrogen and oxygen atoms in total. The van der Waals surface area contributed by atoms with Crippen LogP contribution in [0.3, 0.4) is 0 Å². The van der Waals surface area contributed by atoms with Crippen molar-refractivity contribution in [1.82, 2.24) is 25.5 Å². The van der Waals surface area contributed by atoms with E-state index in [1.807, 2.05) is 44.1 Å². The second kappa shape index (κ2) is 10.8. The average molecular weight is 476 g/mol. The molecule has 2 atom stereocenters. The summed E-state index contributed by atoms with van der Waals surface area (Å²) < 4.78 is 0. The summed E-state index contributed by atoms with van der Waals surface area (Å²) in [5.41, 5.74) is 2.45. The summed E-state index contributed by atoms with van der Waals surface area (Å²) in [6.07, 6.45) is 3.81. The highest BCUT2D eigenvalue weighted by Crippen LogP contribution is 2.23. The van der Waals surface area contributed by atoms with E-state index >= 15 is 0 Å². The molecule has 3 aromatic rings. The van der Waals surface area contributed by atoms with Gasteiger partial charge in [-0.3, -0.25) is 14.5 Å². The fraction of sp³-hybridized carbons (Fsp3) is 0.348.